The average molecular weight is 556 g/mol. The van der Waals surface area contributed by atoms with Gasteiger partial charge in [-0.3, -0.25) is 9.10 Å². The van der Waals surface area contributed by atoms with Gasteiger partial charge in [-0.15, -0.1) is 0 Å². The van der Waals surface area contributed by atoms with Gasteiger partial charge in [0, 0.05) is 24.2 Å². The summed E-state index contributed by atoms with van der Waals surface area (Å²) in [5.41, 5.74) is 2.48. The zero-order valence-electron chi connectivity index (χ0n) is 20.7. The Kier molecular flexibility index (Phi) is 8.35. The van der Waals surface area contributed by atoms with Gasteiger partial charge in [0.15, 0.2) is 0 Å². The van der Waals surface area contributed by atoms with Crippen LogP contribution in [-0.2, 0) is 28.2 Å². The lowest BCUT2D eigenvalue weighted by Crippen LogP contribution is -2.44. The number of hydrogen-bond donors (Lipinski definition) is 1. The number of carboxylic acids is 1. The third-order valence-corrected chi connectivity index (χ3v) is 7.81. The van der Waals surface area contributed by atoms with Gasteiger partial charge in [0.25, 0.3) is 0 Å². The van der Waals surface area contributed by atoms with Crippen molar-refractivity contribution in [2.45, 2.75) is 20.1 Å². The normalized spacial score (nSPS) is 11.5. The van der Waals surface area contributed by atoms with Crippen LogP contribution in [0.1, 0.15) is 17.0 Å². The molecule has 198 valence electrons. The van der Waals surface area contributed by atoms with E-state index in [0.717, 1.165) is 14.2 Å². The number of rotatable bonds is 11. The number of oxazole rings is 1. The van der Waals surface area contributed by atoms with Crippen molar-refractivity contribution in [3.05, 3.63) is 101 Å². The molecule has 0 saturated heterocycles. The first-order valence-electron chi connectivity index (χ1n) is 11.6. The molecular weight excluding hydrogens is 530 g/mol. The summed E-state index contributed by atoms with van der Waals surface area (Å²) in [4.78, 5) is 16.0. The van der Waals surface area contributed by atoms with Gasteiger partial charge in [0.2, 0.25) is 5.89 Å². The summed E-state index contributed by atoms with van der Waals surface area (Å²) in [5.74, 6) is 0.444. The summed E-state index contributed by atoms with van der Waals surface area (Å²) >= 11 is 5.90. The molecule has 0 unspecified atom stereocenters. The molecular formula is C27H26ClN3O6S. The molecule has 38 heavy (non-hydrogen) atoms. The highest BCUT2D eigenvalue weighted by atomic mass is 35.5. The Morgan fingerprint density at radius 1 is 1.03 bits per heavy atom. The molecule has 0 aliphatic carbocycles. The van der Waals surface area contributed by atoms with Crippen LogP contribution in [0.5, 0.6) is 5.75 Å². The lowest BCUT2D eigenvalue weighted by atomic mass is 10.2. The van der Waals surface area contributed by atoms with Crippen molar-refractivity contribution in [1.82, 2.24) is 9.29 Å². The summed E-state index contributed by atoms with van der Waals surface area (Å²) < 4.78 is 40.0. The second-order valence-electron chi connectivity index (χ2n) is 8.43. The van der Waals surface area contributed by atoms with Crippen LogP contribution in [0.4, 0.5) is 5.69 Å². The molecule has 0 bridgehead atoms. The topological polar surface area (TPSA) is 113 Å². The predicted octanol–water partition coefficient (Wildman–Crippen LogP) is 5.15. The van der Waals surface area contributed by atoms with Crippen molar-refractivity contribution in [3.8, 4) is 17.2 Å². The maximum Gasteiger partial charge on any atom is 0.318 e. The van der Waals surface area contributed by atoms with Gasteiger partial charge in [0.05, 0.1) is 5.69 Å². The van der Waals surface area contributed by atoms with Crippen LogP contribution in [0.2, 0.25) is 5.02 Å². The van der Waals surface area contributed by atoms with E-state index in [0.29, 0.717) is 39.4 Å². The minimum Gasteiger partial charge on any atom is -0.487 e. The Balaban J connectivity index is 1.44. The first-order valence-corrected chi connectivity index (χ1v) is 13.4. The quantitative estimate of drug-likeness (QED) is 0.272. The zero-order valence-corrected chi connectivity index (χ0v) is 22.3. The number of aliphatic carboxylic acids is 1. The maximum absolute atomic E-state index is 13.2. The van der Waals surface area contributed by atoms with Gasteiger partial charge < -0.3 is 14.3 Å². The van der Waals surface area contributed by atoms with E-state index in [-0.39, 0.29) is 13.2 Å². The molecule has 0 saturated carbocycles. The van der Waals surface area contributed by atoms with E-state index in [4.69, 9.17) is 20.8 Å². The van der Waals surface area contributed by atoms with Gasteiger partial charge in [-0.2, -0.15) is 12.7 Å². The van der Waals surface area contributed by atoms with Crippen LogP contribution in [-0.4, -0.2) is 42.4 Å². The number of carboxylic acid groups (broad SMARTS) is 1. The van der Waals surface area contributed by atoms with E-state index in [1.54, 1.807) is 48.5 Å². The van der Waals surface area contributed by atoms with Gasteiger partial charge in [-0.25, -0.2) is 4.98 Å². The smallest absolute Gasteiger partial charge is 0.318 e. The molecule has 0 aliphatic rings. The minimum atomic E-state index is -4.15. The van der Waals surface area contributed by atoms with E-state index in [9.17, 15) is 18.3 Å². The minimum absolute atomic E-state index is 0.143. The molecule has 0 amide bonds. The van der Waals surface area contributed by atoms with Gasteiger partial charge >= 0.3 is 16.2 Å². The number of ether oxygens (including phenoxy) is 1. The first-order chi connectivity index (χ1) is 18.1. The number of aryl methyl sites for hydroxylation is 1. The van der Waals surface area contributed by atoms with Crippen LogP contribution >= 0.6 is 11.6 Å². The van der Waals surface area contributed by atoms with Crippen LogP contribution in [0, 0.1) is 6.92 Å². The third kappa shape index (κ3) is 6.52. The summed E-state index contributed by atoms with van der Waals surface area (Å²) in [6.07, 6.45) is 0. The number of nitrogens with zero attached hydrogens (tertiary/aromatic N) is 3. The largest absolute Gasteiger partial charge is 0.487 e. The van der Waals surface area contributed by atoms with Crippen LogP contribution < -0.4 is 9.04 Å². The van der Waals surface area contributed by atoms with Crippen molar-refractivity contribution in [2.75, 3.05) is 17.9 Å². The lowest BCUT2D eigenvalue weighted by Gasteiger charge is -2.27. The van der Waals surface area contributed by atoms with Crippen LogP contribution in [0.25, 0.3) is 11.5 Å². The lowest BCUT2D eigenvalue weighted by molar-refractivity contribution is -0.137. The number of carbonyl (C=O) groups is 1. The predicted molar refractivity (Wildman–Crippen MR) is 144 cm³/mol. The highest BCUT2D eigenvalue weighted by Gasteiger charge is 2.29. The van der Waals surface area contributed by atoms with E-state index in [1.807, 2.05) is 37.3 Å². The number of halogens is 1. The molecule has 4 aromatic rings. The zero-order chi connectivity index (χ0) is 27.3. The van der Waals surface area contributed by atoms with E-state index in [1.165, 1.54) is 7.05 Å². The van der Waals surface area contributed by atoms with Gasteiger partial charge in [-0.05, 0) is 61.0 Å². The van der Waals surface area contributed by atoms with Crippen molar-refractivity contribution in [2.24, 2.45) is 0 Å². The molecule has 9 nitrogen and oxygen atoms in total. The molecule has 1 aromatic heterocycles. The van der Waals surface area contributed by atoms with E-state index >= 15 is 0 Å². The number of aromatic nitrogens is 1. The summed E-state index contributed by atoms with van der Waals surface area (Å²) in [6, 6.07) is 22.5. The molecule has 0 atom stereocenters. The maximum atomic E-state index is 13.2. The van der Waals surface area contributed by atoms with Crippen LogP contribution in [0.15, 0.2) is 83.3 Å². The number of hydrogen-bond acceptors (Lipinski definition) is 6. The van der Waals surface area contributed by atoms with Gasteiger partial charge in [0.1, 0.15) is 30.4 Å². The first kappa shape index (κ1) is 27.2. The monoisotopic (exact) mass is 555 g/mol. The average Bonchev–Trinajstić information content (AvgIpc) is 3.28. The molecule has 0 spiro atoms. The Bertz CT molecular complexity index is 1490. The van der Waals surface area contributed by atoms with Crippen molar-refractivity contribution in [1.29, 1.82) is 0 Å². The molecule has 3 aromatic carbocycles. The highest BCUT2D eigenvalue weighted by molar-refractivity contribution is 7.90. The number of benzene rings is 3. The van der Waals surface area contributed by atoms with E-state index < -0.39 is 22.7 Å². The fraction of sp³-hybridized carbons (Fsp3) is 0.185. The highest BCUT2D eigenvalue weighted by Crippen LogP contribution is 2.25. The molecule has 4 rings (SSSR count). The Morgan fingerprint density at radius 3 is 2.32 bits per heavy atom. The fourth-order valence-electron chi connectivity index (χ4n) is 3.64. The summed E-state index contributed by atoms with van der Waals surface area (Å²) in [6.45, 7) is 1.16. The molecule has 0 radical (unpaired) electrons. The Labute approximate surface area is 226 Å². The summed E-state index contributed by atoms with van der Waals surface area (Å²) in [7, 11) is -2.79. The third-order valence-electron chi connectivity index (χ3n) is 5.75. The number of anilines is 1. The van der Waals surface area contributed by atoms with Gasteiger partial charge in [-0.1, -0.05) is 41.9 Å². The van der Waals surface area contributed by atoms with Crippen molar-refractivity contribution in [3.63, 3.8) is 0 Å². The van der Waals surface area contributed by atoms with Crippen molar-refractivity contribution < 1.29 is 27.5 Å². The second kappa shape index (κ2) is 11.7. The Morgan fingerprint density at radius 2 is 1.68 bits per heavy atom. The van der Waals surface area contributed by atoms with Crippen LogP contribution in [0.3, 0.4) is 0 Å². The molecule has 11 heteroatoms. The standard InChI is InChI=1S/C27H26ClN3O6S/c1-19-25(29-27(37-19)21-6-4-3-5-7-21)18-36-24-14-8-20(9-15-24)16-31(17-26(32)33)38(34,35)30(2)23-12-10-22(28)11-13-23/h3-15H,16-18H2,1-2H3,(H,32,33). The molecule has 0 fully saturated rings. The van der Waals surface area contributed by atoms with E-state index in [2.05, 4.69) is 4.98 Å². The molecule has 1 N–H and O–H groups in total. The molecule has 1 heterocycles. The molecule has 0 aliphatic heterocycles. The summed E-state index contributed by atoms with van der Waals surface area (Å²) in [5, 5.41) is 9.82. The van der Waals surface area contributed by atoms with Crippen molar-refractivity contribution >= 4 is 33.5 Å². The SMILES string of the molecule is Cc1oc(-c2ccccc2)nc1COc1ccc(CN(CC(=O)O)S(=O)(=O)N(C)c2ccc(Cl)cc2)cc1. The second-order valence-corrected chi connectivity index (χ2v) is 10.8. The Hall–Kier alpha value is -3.86. The fourth-order valence-corrected chi connectivity index (χ4v) is 5.09.